The highest BCUT2D eigenvalue weighted by molar-refractivity contribution is 5.10. The van der Waals surface area contributed by atoms with Crippen molar-refractivity contribution < 1.29 is 61.6 Å². The van der Waals surface area contributed by atoms with Crippen LogP contribution in [-0.4, -0.2) is 40.4 Å². The van der Waals surface area contributed by atoms with Gasteiger partial charge in [0, 0.05) is 6.42 Å². The Morgan fingerprint density at radius 2 is 1.18 bits per heavy atom. The van der Waals surface area contributed by atoms with Gasteiger partial charge >= 0.3 is 35.8 Å². The summed E-state index contributed by atoms with van der Waals surface area (Å²) in [4.78, 5) is 0. The normalized spacial score (nSPS) is 15.2. The molecule has 0 fully saturated rings. The quantitative estimate of drug-likeness (QED) is 0.402. The SMILES string of the molecule is C[n+]1ccn(CCCC(F)(F)C(F)(F)C(F)(F)C(F)(F)C(F)(F)C(F)(F)F)c1. The Bertz CT molecular complexity index is 674. The number of aromatic nitrogens is 2. The summed E-state index contributed by atoms with van der Waals surface area (Å²) in [6.45, 7) is -0.479. The minimum absolute atomic E-state index is 0.479. The van der Waals surface area contributed by atoms with Crippen LogP contribution in [0.3, 0.4) is 0 Å². The molecule has 0 atom stereocenters. The molecule has 0 aliphatic rings. The number of hydrogen-bond acceptors (Lipinski definition) is 0. The van der Waals surface area contributed by atoms with Gasteiger partial charge in [-0.15, -0.1) is 0 Å². The fourth-order valence-electron chi connectivity index (χ4n) is 2.08. The molecule has 15 heteroatoms. The molecule has 1 heterocycles. The van der Waals surface area contributed by atoms with Crippen molar-refractivity contribution in [1.82, 2.24) is 4.57 Å². The van der Waals surface area contributed by atoms with Gasteiger partial charge in [0.05, 0.1) is 13.6 Å². The lowest BCUT2D eigenvalue weighted by atomic mass is 9.92. The van der Waals surface area contributed by atoms with Crippen molar-refractivity contribution in [3.63, 3.8) is 0 Å². The number of rotatable bonds is 8. The first-order valence-corrected chi connectivity index (χ1v) is 7.19. The van der Waals surface area contributed by atoms with E-state index in [-0.39, 0.29) is 0 Å². The van der Waals surface area contributed by atoms with Crippen LogP contribution in [-0.2, 0) is 13.6 Å². The Labute approximate surface area is 148 Å². The molecule has 0 unspecified atom stereocenters. The smallest absolute Gasteiger partial charge is 0.240 e. The molecule has 0 bridgehead atoms. The Kier molecular flexibility index (Phi) is 6.06. The Hall–Kier alpha value is -1.70. The van der Waals surface area contributed by atoms with Gasteiger partial charge in [-0.2, -0.15) is 57.1 Å². The van der Waals surface area contributed by atoms with Gasteiger partial charge in [-0.25, -0.2) is 9.13 Å². The Balaban J connectivity index is 3.11. The van der Waals surface area contributed by atoms with E-state index in [1.807, 2.05) is 0 Å². The molecule has 0 aliphatic heterocycles. The third kappa shape index (κ3) is 3.75. The highest BCUT2D eigenvalue weighted by Crippen LogP contribution is 2.60. The summed E-state index contributed by atoms with van der Waals surface area (Å²) in [5.41, 5.74) is 0. The monoisotopic (exact) mass is 443 g/mol. The van der Waals surface area contributed by atoms with Crippen LogP contribution >= 0.6 is 0 Å². The first-order valence-electron chi connectivity index (χ1n) is 7.19. The van der Waals surface area contributed by atoms with Gasteiger partial charge < -0.3 is 0 Å². The fourth-order valence-corrected chi connectivity index (χ4v) is 2.08. The van der Waals surface area contributed by atoms with Crippen molar-refractivity contribution in [2.45, 2.75) is 55.2 Å². The van der Waals surface area contributed by atoms with E-state index < -0.39 is 55.2 Å². The van der Waals surface area contributed by atoms with Gasteiger partial charge in [0.1, 0.15) is 12.4 Å². The van der Waals surface area contributed by atoms with Crippen LogP contribution in [0.5, 0.6) is 0 Å². The van der Waals surface area contributed by atoms with Crippen molar-refractivity contribution in [2.24, 2.45) is 7.05 Å². The molecular weight excluding hydrogens is 431 g/mol. The molecule has 1 rings (SSSR count). The lowest BCUT2D eigenvalue weighted by Gasteiger charge is -2.39. The lowest BCUT2D eigenvalue weighted by Crippen LogP contribution is -2.70. The number of hydrogen-bond donors (Lipinski definition) is 0. The molecule has 28 heavy (non-hydrogen) atoms. The summed E-state index contributed by atoms with van der Waals surface area (Å²) in [6, 6.07) is 0. The summed E-state index contributed by atoms with van der Waals surface area (Å²) < 4.78 is 170. The van der Waals surface area contributed by atoms with E-state index in [9.17, 15) is 57.1 Å². The van der Waals surface area contributed by atoms with Gasteiger partial charge in [0.15, 0.2) is 0 Å². The minimum Gasteiger partial charge on any atom is -0.240 e. The predicted octanol–water partition coefficient (Wildman–Crippen LogP) is 4.83. The van der Waals surface area contributed by atoms with Crippen LogP contribution in [0.1, 0.15) is 12.8 Å². The van der Waals surface area contributed by atoms with Crippen LogP contribution in [0, 0.1) is 0 Å². The minimum atomic E-state index is -7.85. The zero-order valence-electron chi connectivity index (χ0n) is 13.7. The summed E-state index contributed by atoms with van der Waals surface area (Å²) in [7, 11) is 1.47. The molecule has 0 aliphatic carbocycles. The molecule has 0 spiro atoms. The maximum Gasteiger partial charge on any atom is 0.460 e. The van der Waals surface area contributed by atoms with Gasteiger partial charge in [-0.3, -0.25) is 0 Å². The average Bonchev–Trinajstić information content (AvgIpc) is 2.90. The molecular formula is C13H12F13N2+. The molecule has 1 aromatic rings. The van der Waals surface area contributed by atoms with Crippen molar-refractivity contribution in [3.05, 3.63) is 18.7 Å². The zero-order valence-corrected chi connectivity index (χ0v) is 13.7. The fraction of sp³-hybridized carbons (Fsp3) is 0.769. The predicted molar refractivity (Wildman–Crippen MR) is 65.6 cm³/mol. The van der Waals surface area contributed by atoms with Crippen LogP contribution in [0.25, 0.3) is 0 Å². The second kappa shape index (κ2) is 6.97. The second-order valence-electron chi connectivity index (χ2n) is 5.92. The van der Waals surface area contributed by atoms with Crippen molar-refractivity contribution >= 4 is 0 Å². The molecule has 2 nitrogen and oxygen atoms in total. The number of alkyl halides is 13. The lowest BCUT2D eigenvalue weighted by molar-refractivity contribution is -0.671. The summed E-state index contributed by atoms with van der Waals surface area (Å²) in [5, 5.41) is 0. The highest BCUT2D eigenvalue weighted by atomic mass is 19.4. The van der Waals surface area contributed by atoms with Gasteiger partial charge in [-0.1, -0.05) is 0 Å². The highest BCUT2D eigenvalue weighted by Gasteiger charge is 2.90. The second-order valence-corrected chi connectivity index (χ2v) is 5.92. The molecule has 0 amide bonds. The largest absolute Gasteiger partial charge is 0.460 e. The molecule has 0 saturated carbocycles. The number of halogens is 13. The Morgan fingerprint density at radius 3 is 1.57 bits per heavy atom. The molecule has 0 aromatic carbocycles. The van der Waals surface area contributed by atoms with Crippen LogP contribution in [0.2, 0.25) is 0 Å². The third-order valence-corrected chi connectivity index (χ3v) is 3.73. The topological polar surface area (TPSA) is 8.81 Å². The van der Waals surface area contributed by atoms with Crippen molar-refractivity contribution in [1.29, 1.82) is 0 Å². The van der Waals surface area contributed by atoms with Gasteiger partial charge in [-0.05, 0) is 6.42 Å². The van der Waals surface area contributed by atoms with E-state index in [1.165, 1.54) is 30.3 Å². The average molecular weight is 443 g/mol. The van der Waals surface area contributed by atoms with E-state index in [1.54, 1.807) is 0 Å². The first kappa shape index (κ1) is 24.3. The molecule has 1 aromatic heterocycles. The van der Waals surface area contributed by atoms with Crippen LogP contribution < -0.4 is 4.57 Å². The zero-order chi connectivity index (χ0) is 22.4. The number of nitrogens with zero attached hydrogens (tertiary/aromatic N) is 2. The van der Waals surface area contributed by atoms with E-state index in [4.69, 9.17) is 0 Å². The van der Waals surface area contributed by atoms with E-state index in [0.29, 0.717) is 0 Å². The van der Waals surface area contributed by atoms with E-state index in [0.717, 1.165) is 4.57 Å². The summed E-state index contributed by atoms with van der Waals surface area (Å²) >= 11 is 0. The van der Waals surface area contributed by atoms with Crippen LogP contribution in [0.15, 0.2) is 18.7 Å². The summed E-state index contributed by atoms with van der Waals surface area (Å²) in [6.07, 6.45) is -6.71. The standard InChI is InChI=1S/C13H12F13N2/c1-27-5-6-28(7-27)4-2-3-8(14,15)9(16,17)10(18,19)11(20,21)12(22,23)13(24,25)26/h5-7H,2-4H2,1H3/q+1. The van der Waals surface area contributed by atoms with E-state index >= 15 is 0 Å². The maximum atomic E-state index is 13.5. The van der Waals surface area contributed by atoms with E-state index in [2.05, 4.69) is 0 Å². The number of aryl methyl sites for hydroxylation is 2. The Morgan fingerprint density at radius 1 is 0.714 bits per heavy atom. The van der Waals surface area contributed by atoms with Crippen molar-refractivity contribution in [2.75, 3.05) is 0 Å². The molecule has 0 saturated heterocycles. The molecule has 164 valence electrons. The van der Waals surface area contributed by atoms with Gasteiger partial charge in [0.2, 0.25) is 6.33 Å². The van der Waals surface area contributed by atoms with Crippen molar-refractivity contribution in [3.8, 4) is 0 Å². The maximum absolute atomic E-state index is 13.5. The molecule has 0 radical (unpaired) electrons. The summed E-state index contributed by atoms with van der Waals surface area (Å²) in [5.74, 6) is -36.5. The third-order valence-electron chi connectivity index (χ3n) is 3.73. The van der Waals surface area contributed by atoms with Gasteiger partial charge in [0.25, 0.3) is 0 Å². The number of imidazole rings is 1. The van der Waals surface area contributed by atoms with Crippen LogP contribution in [0.4, 0.5) is 57.1 Å². The molecule has 0 N–H and O–H groups in total. The first-order chi connectivity index (χ1) is 12.2.